The Kier molecular flexibility index (Phi) is 5.61. The maximum Gasteiger partial charge on any atom is 0.246 e. The van der Waals surface area contributed by atoms with E-state index >= 15 is 0 Å². The Morgan fingerprint density at radius 2 is 1.52 bits per heavy atom. The molecule has 0 N–H and O–H groups in total. The predicted octanol–water partition coefficient (Wildman–Crippen LogP) is 3.87. The Morgan fingerprint density at radius 1 is 0.889 bits per heavy atom. The maximum atomic E-state index is 13.2. The molecule has 144 valence electrons. The highest BCUT2D eigenvalue weighted by atomic mass is 16.2. The quantitative estimate of drug-likeness (QED) is 0.742. The van der Waals surface area contributed by atoms with Crippen LogP contribution in [-0.2, 0) is 9.59 Å². The van der Waals surface area contributed by atoms with E-state index in [1.807, 2.05) is 41.3 Å². The van der Waals surface area contributed by atoms with Gasteiger partial charge in [0.25, 0.3) is 0 Å². The van der Waals surface area contributed by atoms with Gasteiger partial charge in [-0.25, -0.2) is 0 Å². The molecular weight excluding hydrogens is 336 g/mol. The van der Waals surface area contributed by atoms with Crippen molar-refractivity contribution < 1.29 is 9.59 Å². The van der Waals surface area contributed by atoms with E-state index in [4.69, 9.17) is 0 Å². The largest absolute Gasteiger partial charge is 0.339 e. The first-order valence-electron chi connectivity index (χ1n) is 10.6. The molecule has 4 nitrogen and oxygen atoms in total. The number of piperidine rings is 1. The third-order valence-corrected chi connectivity index (χ3v) is 6.29. The Labute approximate surface area is 162 Å². The number of hydrogen-bond donors (Lipinski definition) is 0. The summed E-state index contributed by atoms with van der Waals surface area (Å²) in [7, 11) is 0. The number of carbonyl (C=O) groups is 2. The smallest absolute Gasteiger partial charge is 0.246 e. The molecule has 2 saturated carbocycles. The molecule has 1 aromatic carbocycles. The van der Waals surface area contributed by atoms with Crippen molar-refractivity contribution >= 4 is 17.9 Å². The number of amides is 2. The number of hydrogen-bond acceptors (Lipinski definition) is 2. The third kappa shape index (κ3) is 4.42. The minimum absolute atomic E-state index is 0.0552. The molecule has 0 bridgehead atoms. The maximum absolute atomic E-state index is 13.2. The van der Waals surface area contributed by atoms with E-state index in [0.717, 1.165) is 18.4 Å². The second kappa shape index (κ2) is 8.28. The van der Waals surface area contributed by atoms with Crippen molar-refractivity contribution in [1.82, 2.24) is 9.80 Å². The van der Waals surface area contributed by atoms with Gasteiger partial charge in [0.1, 0.15) is 0 Å². The van der Waals surface area contributed by atoms with E-state index < -0.39 is 0 Å². The standard InChI is InChI=1S/C23H30N2O2/c26-22(13-10-18-6-2-1-3-7-18)24-16-14-19(15-17-24)23(27)25(21-11-12-21)20-8-4-5-9-20/h1-3,6-7,10,13,19-21H,4-5,8-9,11-12,14-17H2/b13-10+. The van der Waals surface area contributed by atoms with Gasteiger partial charge in [-0.1, -0.05) is 43.2 Å². The van der Waals surface area contributed by atoms with Crippen molar-refractivity contribution in [2.75, 3.05) is 13.1 Å². The fraction of sp³-hybridized carbons (Fsp3) is 0.565. The summed E-state index contributed by atoms with van der Waals surface area (Å²) in [5.41, 5.74) is 1.03. The molecule has 27 heavy (non-hydrogen) atoms. The number of nitrogens with zero attached hydrogens (tertiary/aromatic N) is 2. The van der Waals surface area contributed by atoms with Gasteiger partial charge >= 0.3 is 0 Å². The van der Waals surface area contributed by atoms with Crippen LogP contribution >= 0.6 is 0 Å². The van der Waals surface area contributed by atoms with Crippen LogP contribution in [0.4, 0.5) is 0 Å². The van der Waals surface area contributed by atoms with E-state index in [9.17, 15) is 9.59 Å². The average Bonchev–Trinajstić information content (AvgIpc) is 3.40. The topological polar surface area (TPSA) is 40.6 Å². The van der Waals surface area contributed by atoms with Gasteiger partial charge in [0.2, 0.25) is 11.8 Å². The molecule has 2 aliphatic carbocycles. The van der Waals surface area contributed by atoms with Gasteiger partial charge in [-0.05, 0) is 50.2 Å². The minimum Gasteiger partial charge on any atom is -0.339 e. The van der Waals surface area contributed by atoms with Gasteiger partial charge in [-0.15, -0.1) is 0 Å². The average molecular weight is 367 g/mol. The van der Waals surface area contributed by atoms with Crippen molar-refractivity contribution in [3.63, 3.8) is 0 Å². The van der Waals surface area contributed by atoms with Crippen LogP contribution in [0.2, 0.25) is 0 Å². The van der Waals surface area contributed by atoms with Crippen LogP contribution in [0.5, 0.6) is 0 Å². The first-order valence-corrected chi connectivity index (χ1v) is 10.6. The zero-order valence-corrected chi connectivity index (χ0v) is 16.1. The Bertz CT molecular complexity index is 682. The monoisotopic (exact) mass is 366 g/mol. The third-order valence-electron chi connectivity index (χ3n) is 6.29. The van der Waals surface area contributed by atoms with Crippen molar-refractivity contribution in [2.45, 2.75) is 63.5 Å². The van der Waals surface area contributed by atoms with Gasteiger partial charge in [0, 0.05) is 37.2 Å². The molecule has 2 amide bonds. The fourth-order valence-electron chi connectivity index (χ4n) is 4.59. The fourth-order valence-corrected chi connectivity index (χ4v) is 4.59. The lowest BCUT2D eigenvalue weighted by Gasteiger charge is -2.36. The zero-order valence-electron chi connectivity index (χ0n) is 16.1. The molecule has 0 aromatic heterocycles. The van der Waals surface area contributed by atoms with Gasteiger partial charge in [0.15, 0.2) is 0 Å². The summed E-state index contributed by atoms with van der Waals surface area (Å²) in [6.07, 6.45) is 12.4. The lowest BCUT2D eigenvalue weighted by Crippen LogP contribution is -2.47. The number of carbonyl (C=O) groups excluding carboxylic acids is 2. The number of benzene rings is 1. The van der Waals surface area contributed by atoms with E-state index in [1.54, 1.807) is 6.08 Å². The highest BCUT2D eigenvalue weighted by molar-refractivity contribution is 5.92. The van der Waals surface area contributed by atoms with Crippen molar-refractivity contribution in [2.24, 2.45) is 5.92 Å². The van der Waals surface area contributed by atoms with Gasteiger partial charge in [-0.3, -0.25) is 9.59 Å². The SMILES string of the molecule is O=C(/C=C/c1ccccc1)N1CCC(C(=O)N(C2CCCC2)C2CC2)CC1. The summed E-state index contributed by atoms with van der Waals surface area (Å²) in [4.78, 5) is 29.8. The summed E-state index contributed by atoms with van der Waals surface area (Å²) in [6.45, 7) is 1.38. The molecule has 1 aromatic rings. The van der Waals surface area contributed by atoms with Crippen LogP contribution in [0, 0.1) is 5.92 Å². The van der Waals surface area contributed by atoms with Crippen LogP contribution in [-0.4, -0.2) is 46.8 Å². The van der Waals surface area contributed by atoms with Crippen molar-refractivity contribution in [3.05, 3.63) is 42.0 Å². The highest BCUT2D eigenvalue weighted by Gasteiger charge is 2.41. The molecular formula is C23H30N2O2. The zero-order chi connectivity index (χ0) is 18.6. The summed E-state index contributed by atoms with van der Waals surface area (Å²) in [6, 6.07) is 10.9. The molecule has 0 spiro atoms. The molecule has 3 fully saturated rings. The highest BCUT2D eigenvalue weighted by Crippen LogP contribution is 2.36. The lowest BCUT2D eigenvalue weighted by atomic mass is 9.94. The lowest BCUT2D eigenvalue weighted by molar-refractivity contribution is -0.142. The second-order valence-electron chi connectivity index (χ2n) is 8.26. The van der Waals surface area contributed by atoms with Crippen LogP contribution in [0.3, 0.4) is 0 Å². The van der Waals surface area contributed by atoms with Crippen LogP contribution in [0.1, 0.15) is 56.9 Å². The van der Waals surface area contributed by atoms with Crippen LogP contribution < -0.4 is 0 Å². The summed E-state index contributed by atoms with van der Waals surface area (Å²) in [5, 5.41) is 0. The molecule has 1 heterocycles. The summed E-state index contributed by atoms with van der Waals surface area (Å²) >= 11 is 0. The molecule has 0 unspecified atom stereocenters. The molecule has 0 atom stereocenters. The van der Waals surface area contributed by atoms with Crippen molar-refractivity contribution in [1.29, 1.82) is 0 Å². The first kappa shape index (κ1) is 18.3. The Hall–Kier alpha value is -2.10. The Morgan fingerprint density at radius 3 is 2.15 bits per heavy atom. The molecule has 0 radical (unpaired) electrons. The first-order chi connectivity index (χ1) is 13.2. The summed E-state index contributed by atoms with van der Waals surface area (Å²) in [5.74, 6) is 0.532. The van der Waals surface area contributed by atoms with E-state index in [1.165, 1.54) is 38.5 Å². The normalized spacial score (nSPS) is 21.7. The van der Waals surface area contributed by atoms with Gasteiger partial charge in [0.05, 0.1) is 0 Å². The molecule has 1 saturated heterocycles. The van der Waals surface area contributed by atoms with E-state index in [2.05, 4.69) is 4.90 Å². The summed E-state index contributed by atoms with van der Waals surface area (Å²) < 4.78 is 0. The van der Waals surface area contributed by atoms with Crippen LogP contribution in [0.25, 0.3) is 6.08 Å². The van der Waals surface area contributed by atoms with Crippen LogP contribution in [0.15, 0.2) is 36.4 Å². The predicted molar refractivity (Wildman–Crippen MR) is 107 cm³/mol. The van der Waals surface area contributed by atoms with E-state index in [-0.39, 0.29) is 11.8 Å². The second-order valence-corrected chi connectivity index (χ2v) is 8.26. The Balaban J connectivity index is 1.31. The van der Waals surface area contributed by atoms with E-state index in [0.29, 0.717) is 31.1 Å². The number of likely N-dealkylation sites (tertiary alicyclic amines) is 1. The van der Waals surface area contributed by atoms with Gasteiger partial charge < -0.3 is 9.80 Å². The molecule has 4 heteroatoms. The number of rotatable bonds is 5. The molecule has 3 aliphatic rings. The van der Waals surface area contributed by atoms with Crippen molar-refractivity contribution in [3.8, 4) is 0 Å². The molecule has 4 rings (SSSR count). The minimum atomic E-state index is 0.0552. The van der Waals surface area contributed by atoms with Gasteiger partial charge in [-0.2, -0.15) is 0 Å². The molecule has 1 aliphatic heterocycles.